The maximum atomic E-state index is 14.5. The lowest BCUT2D eigenvalue weighted by Crippen LogP contribution is -2.61. The van der Waals surface area contributed by atoms with Crippen LogP contribution in [0.3, 0.4) is 0 Å². The van der Waals surface area contributed by atoms with Crippen molar-refractivity contribution in [1.29, 1.82) is 0 Å². The molecule has 0 spiro atoms. The van der Waals surface area contributed by atoms with Crippen molar-refractivity contribution in [1.82, 2.24) is 59.6 Å². The number of ether oxygens (including phenoxy) is 1. The first-order valence-electron chi connectivity index (χ1n) is 26.5. The zero-order chi connectivity index (χ0) is 54.6. The van der Waals surface area contributed by atoms with Gasteiger partial charge >= 0.3 is 12.1 Å². The van der Waals surface area contributed by atoms with Crippen LogP contribution in [0.2, 0.25) is 0 Å². The minimum absolute atomic E-state index is 0.0124. The van der Waals surface area contributed by atoms with E-state index in [1.807, 2.05) is 129 Å². The van der Waals surface area contributed by atoms with Crippen molar-refractivity contribution in [2.75, 3.05) is 50.5 Å². The summed E-state index contributed by atoms with van der Waals surface area (Å²) in [4.78, 5) is 32.9. The summed E-state index contributed by atoms with van der Waals surface area (Å²) < 4.78 is 41.0. The van der Waals surface area contributed by atoms with Crippen LogP contribution >= 0.6 is 0 Å². The van der Waals surface area contributed by atoms with Crippen LogP contribution in [-0.4, -0.2) is 113 Å². The third kappa shape index (κ3) is 11.5. The first-order chi connectivity index (χ1) is 38.5. The number of methoxy groups -OCH3 is 1. The van der Waals surface area contributed by atoms with E-state index in [1.54, 1.807) is 39.6 Å². The fourth-order valence-corrected chi connectivity index (χ4v) is 11.0. The van der Waals surface area contributed by atoms with Crippen molar-refractivity contribution >= 4 is 23.7 Å². The van der Waals surface area contributed by atoms with E-state index in [0.717, 1.165) is 51.8 Å². The van der Waals surface area contributed by atoms with Gasteiger partial charge in [0.25, 0.3) is 0 Å². The Bertz CT molecular complexity index is 3580. The normalized spacial score (nSPS) is 17.5. The lowest BCUT2D eigenvalue weighted by molar-refractivity contribution is 0.0401. The molecule has 2 unspecified atom stereocenters. The Kier molecular flexibility index (Phi) is 15.3. The molecule has 2 aliphatic rings. The van der Waals surface area contributed by atoms with Crippen LogP contribution in [0, 0.1) is 25.5 Å². The smallest absolute Gasteiger partial charge is 0.320 e. The number of anilines is 2. The number of hydrogen-bond donors (Lipinski definition) is 4. The maximum Gasteiger partial charge on any atom is 0.320 e. The highest BCUT2D eigenvalue weighted by Crippen LogP contribution is 2.37. The number of carbonyl (C=O) groups is 2. The van der Waals surface area contributed by atoms with E-state index in [2.05, 4.69) is 60.4 Å². The first kappa shape index (κ1) is 52.3. The molecule has 2 fully saturated rings. The second-order valence-electron chi connectivity index (χ2n) is 20.3. The highest BCUT2D eigenvalue weighted by Gasteiger charge is 2.41. The molecule has 4 N–H and O–H groups in total. The Hall–Kier alpha value is -8.78. The van der Waals surface area contributed by atoms with Crippen molar-refractivity contribution in [3.8, 4) is 33.9 Å². The van der Waals surface area contributed by atoms with Gasteiger partial charge in [-0.25, -0.2) is 27.7 Å². The Labute approximate surface area is 456 Å². The number of aromatic nitrogens is 8. The largest absolute Gasteiger partial charge is 0.383 e. The molecule has 4 amide bonds. The SMILES string of the molecule is COCCN1CCC(c2ccc(F)c(F)c2)C(NC(=O)Nc2c(C)c(-c3cnn(Cc4cccc(-n5nc(-c6cnn(C)c6)c(C)c5NC(=O)N[C@@H]5CN(Cc6ccccc6)[C@H]5c5ccccc5)c4)c3)nn2-c2ccccc2)C1. The number of piperidine rings is 1. The number of hydrogen-bond acceptors (Lipinski definition) is 9. The number of benzene rings is 5. The molecule has 0 aliphatic carbocycles. The molecular formula is C60H62F2N14O3. The molecule has 5 aromatic carbocycles. The molecule has 0 radical (unpaired) electrons. The summed E-state index contributed by atoms with van der Waals surface area (Å²) in [5.74, 6) is -1.11. The van der Waals surface area contributed by atoms with Gasteiger partial charge in [-0.05, 0) is 85.5 Å². The van der Waals surface area contributed by atoms with E-state index >= 15 is 0 Å². The predicted octanol–water partition coefficient (Wildman–Crippen LogP) is 9.64. The van der Waals surface area contributed by atoms with Crippen LogP contribution in [0.25, 0.3) is 33.9 Å². The second-order valence-corrected chi connectivity index (χ2v) is 20.3. The van der Waals surface area contributed by atoms with Crippen LogP contribution in [0.15, 0.2) is 158 Å². The van der Waals surface area contributed by atoms with Crippen LogP contribution in [0.4, 0.5) is 30.0 Å². The number of aryl methyl sites for hydroxylation is 1. The second kappa shape index (κ2) is 23.1. The number of amides is 4. The monoisotopic (exact) mass is 1060 g/mol. The summed E-state index contributed by atoms with van der Waals surface area (Å²) >= 11 is 0. The van der Waals surface area contributed by atoms with Crippen molar-refractivity contribution in [2.24, 2.45) is 7.05 Å². The highest BCUT2D eigenvalue weighted by molar-refractivity contribution is 5.92. The van der Waals surface area contributed by atoms with Crippen LogP contribution in [0.5, 0.6) is 0 Å². The van der Waals surface area contributed by atoms with E-state index in [1.165, 1.54) is 11.6 Å². The highest BCUT2D eigenvalue weighted by atomic mass is 19.2. The fourth-order valence-electron chi connectivity index (χ4n) is 11.0. The minimum Gasteiger partial charge on any atom is -0.383 e. The maximum absolute atomic E-state index is 14.5. The summed E-state index contributed by atoms with van der Waals surface area (Å²) in [6.07, 6.45) is 7.96. The molecule has 404 valence electrons. The first-order valence-corrected chi connectivity index (χ1v) is 26.5. The van der Waals surface area contributed by atoms with Gasteiger partial charge in [-0.2, -0.15) is 20.4 Å². The molecule has 19 heteroatoms. The van der Waals surface area contributed by atoms with Gasteiger partial charge in [0.2, 0.25) is 0 Å². The van der Waals surface area contributed by atoms with Crippen LogP contribution in [0.1, 0.15) is 51.8 Å². The van der Waals surface area contributed by atoms with E-state index in [-0.39, 0.29) is 24.0 Å². The average Bonchev–Trinajstić information content (AvgIpc) is 4.25. The molecule has 0 bridgehead atoms. The van der Waals surface area contributed by atoms with Crippen LogP contribution < -0.4 is 21.3 Å². The molecule has 9 aromatic rings. The Balaban J connectivity index is 0.830. The fraction of sp³-hybridized carbons (Fsp3) is 0.267. The zero-order valence-electron chi connectivity index (χ0n) is 44.4. The summed E-state index contributed by atoms with van der Waals surface area (Å²) in [7, 11) is 3.50. The van der Waals surface area contributed by atoms with E-state index < -0.39 is 23.7 Å². The number of nitrogens with one attached hydrogen (secondary N) is 4. The van der Waals surface area contributed by atoms with Gasteiger partial charge < -0.3 is 15.4 Å². The van der Waals surface area contributed by atoms with Gasteiger partial charge in [0.15, 0.2) is 11.6 Å². The van der Waals surface area contributed by atoms with Gasteiger partial charge in [-0.3, -0.25) is 29.8 Å². The molecular weight excluding hydrogens is 1000 g/mol. The number of urea groups is 2. The average molecular weight is 1070 g/mol. The molecule has 4 atom stereocenters. The molecule has 0 saturated carbocycles. The van der Waals surface area contributed by atoms with Crippen molar-refractivity contribution in [3.05, 3.63) is 203 Å². The Morgan fingerprint density at radius 2 is 1.27 bits per heavy atom. The number of nitrogens with zero attached hydrogens (tertiary/aromatic N) is 10. The van der Waals surface area contributed by atoms with Gasteiger partial charge in [0.05, 0.1) is 55.0 Å². The zero-order valence-corrected chi connectivity index (χ0v) is 44.4. The summed E-state index contributed by atoms with van der Waals surface area (Å²) in [5, 5.41) is 32.1. The molecule has 79 heavy (non-hydrogen) atoms. The number of para-hydroxylation sites is 1. The third-order valence-corrected chi connectivity index (χ3v) is 15.0. The summed E-state index contributed by atoms with van der Waals surface area (Å²) in [6.45, 7) is 8.06. The van der Waals surface area contributed by atoms with Gasteiger partial charge in [0.1, 0.15) is 23.0 Å². The van der Waals surface area contributed by atoms with Gasteiger partial charge in [-0.1, -0.05) is 97.1 Å². The standard InChI is InChI=1S/C60H62F2N14O3/c1-39-54(45-31-63-71(3)35-45)70-76(58(39)68-60(78)66-53-38-73(33-41-15-8-5-9-16-41)56(53)43-18-10-6-11-19-43)48-22-14-17-42(29-48)34-74-36-46(32-64-74)55-40(2)57(75(69-55)47-20-12-7-13-21-47)67-59(77)65-52-37-72(27-28-79-4)26-25-49(52)44-23-24-50(61)51(62)30-44/h5-24,29-32,35-36,49,52-53,56H,25-28,33-34,37-38H2,1-4H3,(H2,65,67,77)(H2,66,68,78)/t49?,52?,53-,56+/m1/s1. The molecule has 11 rings (SSSR count). The molecule has 6 heterocycles. The molecule has 2 saturated heterocycles. The Morgan fingerprint density at radius 3 is 1.94 bits per heavy atom. The van der Waals surface area contributed by atoms with Crippen molar-refractivity contribution in [2.45, 2.75) is 57.4 Å². The lowest BCUT2D eigenvalue weighted by Gasteiger charge is -2.48. The number of halogens is 2. The van der Waals surface area contributed by atoms with Gasteiger partial charge in [-0.15, -0.1) is 0 Å². The third-order valence-electron chi connectivity index (χ3n) is 15.0. The quantitative estimate of drug-likeness (QED) is 0.0694. The number of likely N-dealkylation sites (tertiary alicyclic amines) is 2. The predicted molar refractivity (Wildman–Crippen MR) is 299 cm³/mol. The van der Waals surface area contributed by atoms with E-state index in [0.29, 0.717) is 79.9 Å². The van der Waals surface area contributed by atoms with Crippen molar-refractivity contribution in [3.63, 3.8) is 0 Å². The Morgan fingerprint density at radius 1 is 0.646 bits per heavy atom. The molecule has 17 nitrogen and oxygen atoms in total. The van der Waals surface area contributed by atoms with Gasteiger partial charge in [0, 0.05) is 80.9 Å². The minimum atomic E-state index is -0.924. The number of carbonyl (C=O) groups excluding carboxylic acids is 2. The van der Waals surface area contributed by atoms with Crippen LogP contribution in [-0.2, 0) is 24.9 Å². The number of rotatable bonds is 17. The van der Waals surface area contributed by atoms with E-state index in [4.69, 9.17) is 20.0 Å². The lowest BCUT2D eigenvalue weighted by atomic mass is 9.85. The summed E-state index contributed by atoms with van der Waals surface area (Å²) in [6, 6.07) is 40.7. The molecule has 4 aromatic heterocycles. The van der Waals surface area contributed by atoms with Crippen molar-refractivity contribution < 1.29 is 23.1 Å². The molecule has 2 aliphatic heterocycles. The van der Waals surface area contributed by atoms with E-state index in [9.17, 15) is 18.4 Å². The summed E-state index contributed by atoms with van der Waals surface area (Å²) in [5.41, 5.74) is 9.70. The topological polar surface area (TPSA) is 169 Å².